The molecule has 0 saturated carbocycles. The summed E-state index contributed by atoms with van der Waals surface area (Å²) in [7, 11) is 0. The summed E-state index contributed by atoms with van der Waals surface area (Å²) in [6.07, 6.45) is 2.34. The van der Waals surface area contributed by atoms with Crippen molar-refractivity contribution in [1.29, 1.82) is 0 Å². The van der Waals surface area contributed by atoms with Crippen molar-refractivity contribution in [1.82, 2.24) is 9.80 Å². The van der Waals surface area contributed by atoms with Crippen LogP contribution in [0.15, 0.2) is 24.3 Å². The summed E-state index contributed by atoms with van der Waals surface area (Å²) in [6.45, 7) is 6.76. The minimum absolute atomic E-state index is 0. The van der Waals surface area contributed by atoms with E-state index in [1.807, 2.05) is 20.8 Å². The Balaban J connectivity index is 0.00000338. The SMILES string of the molecule is CC(C)(C)N(Cc1cccc(F)c1)C(=O)CN1CCCCC1C(=O)O.Cl. The van der Waals surface area contributed by atoms with E-state index in [0.29, 0.717) is 19.5 Å². The summed E-state index contributed by atoms with van der Waals surface area (Å²) in [5.74, 6) is -1.34. The molecule has 0 spiro atoms. The first-order valence-electron chi connectivity index (χ1n) is 8.70. The molecule has 0 radical (unpaired) electrons. The van der Waals surface area contributed by atoms with Crippen LogP contribution in [0, 0.1) is 5.82 Å². The molecule has 5 nitrogen and oxygen atoms in total. The average molecular weight is 387 g/mol. The fraction of sp³-hybridized carbons (Fsp3) is 0.579. The number of piperidine rings is 1. The summed E-state index contributed by atoms with van der Waals surface area (Å²) < 4.78 is 13.5. The zero-order valence-corrected chi connectivity index (χ0v) is 16.4. The van der Waals surface area contributed by atoms with E-state index in [4.69, 9.17) is 0 Å². The van der Waals surface area contributed by atoms with Gasteiger partial charge in [0.25, 0.3) is 0 Å². The van der Waals surface area contributed by atoms with E-state index in [2.05, 4.69) is 0 Å². The Hall–Kier alpha value is -1.66. The van der Waals surface area contributed by atoms with Crippen molar-refractivity contribution in [2.24, 2.45) is 0 Å². The Morgan fingerprint density at radius 3 is 2.58 bits per heavy atom. The summed E-state index contributed by atoms with van der Waals surface area (Å²) >= 11 is 0. The summed E-state index contributed by atoms with van der Waals surface area (Å²) in [5, 5.41) is 9.38. The molecule has 1 heterocycles. The number of benzene rings is 1. The second kappa shape index (κ2) is 9.33. The lowest BCUT2D eigenvalue weighted by Crippen LogP contribution is -2.53. The molecule has 1 atom stereocenters. The molecular weight excluding hydrogens is 359 g/mol. The van der Waals surface area contributed by atoms with Gasteiger partial charge in [-0.2, -0.15) is 0 Å². The first-order chi connectivity index (χ1) is 11.7. The molecule has 7 heteroatoms. The van der Waals surface area contributed by atoms with Crippen molar-refractivity contribution >= 4 is 24.3 Å². The molecule has 1 aromatic rings. The van der Waals surface area contributed by atoms with Gasteiger partial charge in [0.05, 0.1) is 6.54 Å². The van der Waals surface area contributed by atoms with Crippen LogP contribution in [0.25, 0.3) is 0 Å². The minimum atomic E-state index is -0.875. The van der Waals surface area contributed by atoms with Crippen LogP contribution in [0.1, 0.15) is 45.6 Å². The van der Waals surface area contributed by atoms with Crippen molar-refractivity contribution in [3.8, 4) is 0 Å². The third kappa shape index (κ3) is 5.95. The number of halogens is 2. The van der Waals surface area contributed by atoms with Gasteiger partial charge in [-0.25, -0.2) is 4.39 Å². The molecule has 1 aromatic carbocycles. The molecule has 0 bridgehead atoms. The molecular formula is C19H28ClFN2O3. The highest BCUT2D eigenvalue weighted by molar-refractivity contribution is 5.85. The van der Waals surface area contributed by atoms with Gasteiger partial charge in [0, 0.05) is 12.1 Å². The van der Waals surface area contributed by atoms with Crippen molar-refractivity contribution < 1.29 is 19.1 Å². The Bertz CT molecular complexity index is 633. The van der Waals surface area contributed by atoms with Gasteiger partial charge in [0.15, 0.2) is 0 Å². The van der Waals surface area contributed by atoms with Crippen molar-refractivity contribution in [3.05, 3.63) is 35.6 Å². The molecule has 1 aliphatic heterocycles. The lowest BCUT2D eigenvalue weighted by molar-refractivity contribution is -0.147. The van der Waals surface area contributed by atoms with Crippen LogP contribution in [0.5, 0.6) is 0 Å². The van der Waals surface area contributed by atoms with Gasteiger partial charge in [-0.15, -0.1) is 12.4 Å². The summed E-state index contributed by atoms with van der Waals surface area (Å²) in [4.78, 5) is 27.8. The third-order valence-electron chi connectivity index (χ3n) is 4.58. The zero-order valence-electron chi connectivity index (χ0n) is 15.6. The van der Waals surface area contributed by atoms with Crippen LogP contribution < -0.4 is 0 Å². The maximum absolute atomic E-state index is 13.5. The van der Waals surface area contributed by atoms with Crippen molar-refractivity contribution in [2.45, 2.75) is 58.2 Å². The van der Waals surface area contributed by atoms with Gasteiger partial charge >= 0.3 is 5.97 Å². The Kier molecular flexibility index (Phi) is 8.03. The molecule has 146 valence electrons. The van der Waals surface area contributed by atoms with Crippen LogP contribution in [0.3, 0.4) is 0 Å². The molecule has 2 rings (SSSR count). The predicted molar refractivity (Wildman–Crippen MR) is 101 cm³/mol. The second-order valence-corrected chi connectivity index (χ2v) is 7.60. The van der Waals surface area contributed by atoms with E-state index in [1.165, 1.54) is 12.1 Å². The quantitative estimate of drug-likeness (QED) is 0.843. The van der Waals surface area contributed by atoms with E-state index in [1.54, 1.807) is 21.9 Å². The van der Waals surface area contributed by atoms with Crippen LogP contribution in [-0.2, 0) is 16.1 Å². The largest absolute Gasteiger partial charge is 0.480 e. The Labute approximate surface area is 160 Å². The van der Waals surface area contributed by atoms with Crippen LogP contribution in [0.4, 0.5) is 4.39 Å². The molecule has 1 fully saturated rings. The topological polar surface area (TPSA) is 60.9 Å². The maximum atomic E-state index is 13.5. The smallest absolute Gasteiger partial charge is 0.320 e. The molecule has 1 amide bonds. The number of aliphatic carboxylic acids is 1. The number of nitrogens with zero attached hydrogens (tertiary/aromatic N) is 2. The number of carboxylic acids is 1. The third-order valence-corrected chi connectivity index (χ3v) is 4.58. The standard InChI is InChI=1S/C19H27FN2O3.ClH/c1-19(2,3)22(12-14-7-6-8-15(20)11-14)17(23)13-21-10-5-4-9-16(21)18(24)25;/h6-8,11,16H,4-5,9-10,12-13H2,1-3H3,(H,24,25);1H. The fourth-order valence-corrected chi connectivity index (χ4v) is 3.24. The molecule has 26 heavy (non-hydrogen) atoms. The van der Waals surface area contributed by atoms with Crippen LogP contribution in [-0.4, -0.2) is 51.5 Å². The highest BCUT2D eigenvalue weighted by atomic mass is 35.5. The average Bonchev–Trinajstić information content (AvgIpc) is 2.52. The first-order valence-corrected chi connectivity index (χ1v) is 8.70. The van der Waals surface area contributed by atoms with Crippen LogP contribution >= 0.6 is 12.4 Å². The minimum Gasteiger partial charge on any atom is -0.480 e. The molecule has 0 aromatic heterocycles. The molecule has 1 unspecified atom stereocenters. The van der Waals surface area contributed by atoms with Gasteiger partial charge in [0.1, 0.15) is 11.9 Å². The van der Waals surface area contributed by atoms with E-state index in [-0.39, 0.29) is 30.7 Å². The number of hydrogen-bond donors (Lipinski definition) is 1. The van der Waals surface area contributed by atoms with Gasteiger partial charge in [-0.05, 0) is 57.9 Å². The lowest BCUT2D eigenvalue weighted by atomic mass is 10.0. The highest BCUT2D eigenvalue weighted by Gasteiger charge is 2.33. The van der Waals surface area contributed by atoms with Crippen molar-refractivity contribution in [2.75, 3.05) is 13.1 Å². The van der Waals surface area contributed by atoms with E-state index in [9.17, 15) is 19.1 Å². The number of amides is 1. The monoisotopic (exact) mass is 386 g/mol. The Morgan fingerprint density at radius 1 is 1.31 bits per heavy atom. The maximum Gasteiger partial charge on any atom is 0.320 e. The van der Waals surface area contributed by atoms with Crippen LogP contribution in [0.2, 0.25) is 0 Å². The molecule has 1 saturated heterocycles. The highest BCUT2D eigenvalue weighted by Crippen LogP contribution is 2.21. The number of likely N-dealkylation sites (tertiary alicyclic amines) is 1. The normalized spacial score (nSPS) is 18.1. The molecule has 1 N–H and O–H groups in total. The predicted octanol–water partition coefficient (Wildman–Crippen LogP) is 3.31. The molecule has 0 aliphatic carbocycles. The van der Waals surface area contributed by atoms with E-state index < -0.39 is 17.6 Å². The molecule has 1 aliphatic rings. The summed E-state index contributed by atoms with van der Waals surface area (Å²) in [5.41, 5.74) is 0.273. The van der Waals surface area contributed by atoms with Crippen molar-refractivity contribution in [3.63, 3.8) is 0 Å². The Morgan fingerprint density at radius 2 is 2.00 bits per heavy atom. The van der Waals surface area contributed by atoms with E-state index in [0.717, 1.165) is 18.4 Å². The zero-order chi connectivity index (χ0) is 18.6. The van der Waals surface area contributed by atoms with E-state index >= 15 is 0 Å². The lowest BCUT2D eigenvalue weighted by Gasteiger charge is -2.39. The second-order valence-electron chi connectivity index (χ2n) is 7.60. The number of carboxylic acid groups (broad SMARTS) is 1. The number of hydrogen-bond acceptors (Lipinski definition) is 3. The fourth-order valence-electron chi connectivity index (χ4n) is 3.24. The number of carbonyl (C=O) groups excluding carboxylic acids is 1. The number of rotatable bonds is 5. The first kappa shape index (κ1) is 22.4. The number of carbonyl (C=O) groups is 2. The van der Waals surface area contributed by atoms with Gasteiger partial charge in [0.2, 0.25) is 5.91 Å². The van der Waals surface area contributed by atoms with Gasteiger partial charge < -0.3 is 10.0 Å². The van der Waals surface area contributed by atoms with Gasteiger partial charge in [-0.3, -0.25) is 14.5 Å². The summed E-state index contributed by atoms with van der Waals surface area (Å²) in [6, 6.07) is 5.61. The van der Waals surface area contributed by atoms with Gasteiger partial charge in [-0.1, -0.05) is 18.6 Å².